The lowest BCUT2D eigenvalue weighted by atomic mass is 10.1. The number of carboxylic acids is 1. The van der Waals surface area contributed by atoms with E-state index in [9.17, 15) is 18.3 Å². The van der Waals surface area contributed by atoms with Gasteiger partial charge < -0.3 is 15.5 Å². The average Bonchev–Trinajstić information content (AvgIpc) is 2.62. The third kappa shape index (κ3) is 5.04. The molecule has 26 heavy (non-hydrogen) atoms. The van der Waals surface area contributed by atoms with E-state index in [2.05, 4.69) is 10.0 Å². The maximum atomic E-state index is 12.2. The summed E-state index contributed by atoms with van der Waals surface area (Å²) in [6.07, 6.45) is 0.277. The van der Waals surface area contributed by atoms with Gasteiger partial charge in [0.05, 0.1) is 10.5 Å². The number of nitrogens with one attached hydrogen (secondary N) is 2. The zero-order valence-electron chi connectivity index (χ0n) is 14.3. The number of sulfonamides is 1. The van der Waals surface area contributed by atoms with Crippen LogP contribution in [0.1, 0.15) is 35.3 Å². The first-order chi connectivity index (χ1) is 12.3. The Labute approximate surface area is 152 Å². The van der Waals surface area contributed by atoms with Crippen LogP contribution in [0, 0.1) is 0 Å². The van der Waals surface area contributed by atoms with E-state index in [4.69, 9.17) is 5.11 Å². The Bertz CT molecular complexity index is 853. The van der Waals surface area contributed by atoms with Gasteiger partial charge in [0.2, 0.25) is 10.0 Å². The number of benzene rings is 2. The Balaban J connectivity index is 2.27. The highest BCUT2D eigenvalue weighted by Gasteiger charge is 2.19. The summed E-state index contributed by atoms with van der Waals surface area (Å²) in [5.74, 6) is -1.22. The van der Waals surface area contributed by atoms with Crippen LogP contribution in [0.4, 0.5) is 5.69 Å². The minimum atomic E-state index is -3.84. The highest BCUT2D eigenvalue weighted by molar-refractivity contribution is 7.89. The molecular weight excluding hydrogens is 356 g/mol. The molecule has 0 radical (unpaired) electrons. The molecule has 1 atom stereocenters. The van der Waals surface area contributed by atoms with Crippen molar-refractivity contribution >= 4 is 21.7 Å². The van der Waals surface area contributed by atoms with Crippen molar-refractivity contribution in [2.24, 2.45) is 0 Å². The van der Waals surface area contributed by atoms with Gasteiger partial charge in [-0.2, -0.15) is 0 Å². The molecular formula is C18H22N2O5S. The predicted octanol–water partition coefficient (Wildman–Crippen LogP) is 2.22. The first kappa shape index (κ1) is 19.9. The average molecular weight is 378 g/mol. The van der Waals surface area contributed by atoms with Crippen molar-refractivity contribution in [3.8, 4) is 0 Å². The fourth-order valence-corrected chi connectivity index (χ4v) is 3.52. The summed E-state index contributed by atoms with van der Waals surface area (Å²) < 4.78 is 26.8. The van der Waals surface area contributed by atoms with Crippen LogP contribution >= 0.6 is 0 Å². The van der Waals surface area contributed by atoms with Gasteiger partial charge in [-0.3, -0.25) is 0 Å². The second-order valence-electron chi connectivity index (χ2n) is 5.76. The molecule has 0 aliphatic heterocycles. The second kappa shape index (κ2) is 8.79. The topological polar surface area (TPSA) is 116 Å². The summed E-state index contributed by atoms with van der Waals surface area (Å²) in [4.78, 5) is 11.5. The minimum Gasteiger partial charge on any atom is -0.478 e. The first-order valence-electron chi connectivity index (χ1n) is 8.14. The Morgan fingerprint density at radius 1 is 1.15 bits per heavy atom. The van der Waals surface area contributed by atoms with Crippen LogP contribution in [0.3, 0.4) is 0 Å². The van der Waals surface area contributed by atoms with Crippen LogP contribution in [0.2, 0.25) is 0 Å². The van der Waals surface area contributed by atoms with Gasteiger partial charge in [-0.15, -0.1) is 0 Å². The Kier molecular flexibility index (Phi) is 6.73. The highest BCUT2D eigenvalue weighted by Crippen LogP contribution is 2.25. The number of aliphatic hydroxyl groups excluding tert-OH is 1. The first-order valence-corrected chi connectivity index (χ1v) is 9.63. The molecule has 0 heterocycles. The molecule has 2 rings (SSSR count). The molecule has 0 aliphatic carbocycles. The molecule has 8 heteroatoms. The monoisotopic (exact) mass is 378 g/mol. The fraction of sp³-hybridized carbons (Fsp3) is 0.278. The van der Waals surface area contributed by atoms with Gasteiger partial charge in [0.1, 0.15) is 0 Å². The fourth-order valence-electron chi connectivity index (χ4n) is 2.42. The van der Waals surface area contributed by atoms with Crippen molar-refractivity contribution in [2.75, 3.05) is 18.5 Å². The molecule has 7 nitrogen and oxygen atoms in total. The Morgan fingerprint density at radius 2 is 1.85 bits per heavy atom. The van der Waals surface area contributed by atoms with E-state index >= 15 is 0 Å². The molecule has 0 saturated heterocycles. The number of aliphatic hydroxyl groups is 1. The molecule has 0 spiro atoms. The summed E-state index contributed by atoms with van der Waals surface area (Å²) in [5.41, 5.74) is 1.19. The van der Waals surface area contributed by atoms with Gasteiger partial charge in [-0.25, -0.2) is 17.9 Å². The third-order valence-electron chi connectivity index (χ3n) is 3.83. The maximum absolute atomic E-state index is 12.2. The number of hydrogen-bond acceptors (Lipinski definition) is 5. The second-order valence-corrected chi connectivity index (χ2v) is 7.53. The van der Waals surface area contributed by atoms with E-state index in [-0.39, 0.29) is 36.1 Å². The number of anilines is 1. The summed E-state index contributed by atoms with van der Waals surface area (Å²) in [7, 11) is -3.84. The smallest absolute Gasteiger partial charge is 0.337 e. The number of carbonyl (C=O) groups is 1. The molecule has 2 aromatic carbocycles. The molecule has 0 bridgehead atoms. The van der Waals surface area contributed by atoms with Crippen molar-refractivity contribution in [3.63, 3.8) is 0 Å². The summed E-state index contributed by atoms with van der Waals surface area (Å²) in [5, 5.41) is 21.3. The summed E-state index contributed by atoms with van der Waals surface area (Å²) in [6, 6.07) is 13.3. The number of aromatic carboxylic acids is 1. The van der Waals surface area contributed by atoms with Gasteiger partial charge in [0.25, 0.3) is 0 Å². The largest absolute Gasteiger partial charge is 0.478 e. The van der Waals surface area contributed by atoms with Crippen LogP contribution in [0.5, 0.6) is 0 Å². The molecule has 0 amide bonds. The van der Waals surface area contributed by atoms with Gasteiger partial charge in [-0.1, -0.05) is 30.3 Å². The van der Waals surface area contributed by atoms with E-state index in [1.807, 2.05) is 37.3 Å². The Morgan fingerprint density at radius 3 is 2.46 bits per heavy atom. The molecule has 0 aromatic heterocycles. The van der Waals surface area contributed by atoms with Crippen LogP contribution in [0.15, 0.2) is 53.4 Å². The quantitative estimate of drug-likeness (QED) is 0.497. The van der Waals surface area contributed by atoms with Gasteiger partial charge >= 0.3 is 5.97 Å². The number of rotatable bonds is 9. The minimum absolute atomic E-state index is 0.0757. The van der Waals surface area contributed by atoms with Crippen LogP contribution in [-0.4, -0.2) is 37.8 Å². The van der Waals surface area contributed by atoms with Crippen LogP contribution < -0.4 is 10.0 Å². The molecule has 0 aliphatic rings. The van der Waals surface area contributed by atoms with Gasteiger partial charge in [-0.05, 0) is 37.1 Å². The zero-order chi connectivity index (χ0) is 19.2. The SMILES string of the molecule is C[C@@H](Nc1ccc(S(=O)(=O)NCCCO)cc1C(=O)O)c1ccccc1. The lowest BCUT2D eigenvalue weighted by molar-refractivity contribution is 0.0697. The number of hydrogen-bond donors (Lipinski definition) is 4. The predicted molar refractivity (Wildman–Crippen MR) is 98.8 cm³/mol. The van der Waals surface area contributed by atoms with Gasteiger partial charge in [0, 0.05) is 24.9 Å². The normalized spacial score (nSPS) is 12.5. The van der Waals surface area contributed by atoms with Crippen molar-refractivity contribution in [2.45, 2.75) is 24.3 Å². The highest BCUT2D eigenvalue weighted by atomic mass is 32.2. The molecule has 4 N–H and O–H groups in total. The van der Waals surface area contributed by atoms with E-state index in [0.29, 0.717) is 5.69 Å². The molecule has 0 unspecified atom stereocenters. The van der Waals surface area contributed by atoms with Crippen LogP contribution in [0.25, 0.3) is 0 Å². The lowest BCUT2D eigenvalue weighted by Gasteiger charge is -2.18. The standard InChI is InChI=1S/C18H22N2O5S/c1-13(14-6-3-2-4-7-14)20-17-9-8-15(12-16(17)18(22)23)26(24,25)19-10-5-11-21/h2-4,6-9,12-13,19-21H,5,10-11H2,1H3,(H,22,23)/t13-/m1/s1. The van der Waals surface area contributed by atoms with E-state index in [1.54, 1.807) is 0 Å². The van der Waals surface area contributed by atoms with Crippen molar-refractivity contribution in [1.29, 1.82) is 0 Å². The zero-order valence-corrected chi connectivity index (χ0v) is 15.2. The van der Waals surface area contributed by atoms with E-state index in [1.165, 1.54) is 12.1 Å². The third-order valence-corrected chi connectivity index (χ3v) is 5.29. The molecule has 2 aromatic rings. The number of carboxylic acid groups (broad SMARTS) is 1. The maximum Gasteiger partial charge on any atom is 0.337 e. The lowest BCUT2D eigenvalue weighted by Crippen LogP contribution is -2.25. The summed E-state index contributed by atoms with van der Waals surface area (Å²) in [6.45, 7) is 1.83. The van der Waals surface area contributed by atoms with Crippen molar-refractivity contribution < 1.29 is 23.4 Å². The summed E-state index contributed by atoms with van der Waals surface area (Å²) >= 11 is 0. The molecule has 0 fully saturated rings. The Hall–Kier alpha value is -2.42. The van der Waals surface area contributed by atoms with Crippen molar-refractivity contribution in [3.05, 3.63) is 59.7 Å². The molecule has 0 saturated carbocycles. The molecule has 140 valence electrons. The van der Waals surface area contributed by atoms with Gasteiger partial charge in [0.15, 0.2) is 0 Å². The van der Waals surface area contributed by atoms with Crippen molar-refractivity contribution in [1.82, 2.24) is 4.72 Å². The van der Waals surface area contributed by atoms with Crippen LogP contribution in [-0.2, 0) is 10.0 Å². The van der Waals surface area contributed by atoms with E-state index in [0.717, 1.165) is 11.6 Å². The van der Waals surface area contributed by atoms with E-state index < -0.39 is 16.0 Å².